The first kappa shape index (κ1) is 15.6. The Labute approximate surface area is 86.2 Å². The zero-order valence-corrected chi connectivity index (χ0v) is 8.38. The topological polar surface area (TPSA) is 106 Å². The average molecular weight is 216 g/mol. The zero-order valence-electron chi connectivity index (χ0n) is 7.56. The standard InChI is InChI=1S/C7H8BNO2S.2H2O/c1-9(12(10)11)7-4-2-6(8)3-5-7;;/h2-5H,1H3,(H,10,11);2*1H2/p-1. The first-order valence-electron chi connectivity index (χ1n) is 3.30. The van der Waals surface area contributed by atoms with Gasteiger partial charge < -0.3 is 19.8 Å². The van der Waals surface area contributed by atoms with Gasteiger partial charge in [0.15, 0.2) is 0 Å². The van der Waals surface area contributed by atoms with E-state index in [1.54, 1.807) is 24.3 Å². The SMILES string of the molecule is O.O.[B]c1ccc(N(C)S(=O)[O-])cc1. The molecule has 78 valence electrons. The molecule has 0 saturated carbocycles. The van der Waals surface area contributed by atoms with Crippen LogP contribution in [-0.2, 0) is 11.3 Å². The molecular weight excluding hydrogens is 205 g/mol. The largest absolute Gasteiger partial charge is 0.755 e. The van der Waals surface area contributed by atoms with Crippen molar-refractivity contribution in [1.29, 1.82) is 0 Å². The lowest BCUT2D eigenvalue weighted by Gasteiger charge is -2.20. The maximum absolute atomic E-state index is 10.5. The van der Waals surface area contributed by atoms with Crippen LogP contribution in [0.15, 0.2) is 24.3 Å². The fourth-order valence-electron chi connectivity index (χ4n) is 0.770. The molecule has 1 unspecified atom stereocenters. The van der Waals surface area contributed by atoms with Crippen molar-refractivity contribution in [2.24, 2.45) is 0 Å². The molecule has 0 bridgehead atoms. The molecule has 0 saturated heterocycles. The Balaban J connectivity index is 0. The highest BCUT2D eigenvalue weighted by Crippen LogP contribution is 2.10. The Bertz CT molecular complexity index is 292. The van der Waals surface area contributed by atoms with Gasteiger partial charge in [0.2, 0.25) is 0 Å². The van der Waals surface area contributed by atoms with Crippen LogP contribution in [0.4, 0.5) is 5.69 Å². The molecule has 0 aromatic heterocycles. The zero-order chi connectivity index (χ0) is 9.14. The minimum absolute atomic E-state index is 0. The van der Waals surface area contributed by atoms with Crippen molar-refractivity contribution >= 4 is 30.3 Å². The summed E-state index contributed by atoms with van der Waals surface area (Å²) in [5.41, 5.74) is 1.21. The predicted molar refractivity (Wildman–Crippen MR) is 56.4 cm³/mol. The van der Waals surface area contributed by atoms with Crippen molar-refractivity contribution < 1.29 is 19.7 Å². The lowest BCUT2D eigenvalue weighted by atomic mass is 9.96. The summed E-state index contributed by atoms with van der Waals surface area (Å²) in [5, 5.41) is 0. The molecule has 0 amide bonds. The number of hydrogen-bond donors (Lipinski definition) is 0. The normalized spacial score (nSPS) is 10.7. The molecule has 0 aliphatic heterocycles. The van der Waals surface area contributed by atoms with Gasteiger partial charge in [0.25, 0.3) is 0 Å². The second-order valence-corrected chi connectivity index (χ2v) is 3.29. The van der Waals surface area contributed by atoms with Gasteiger partial charge in [0.1, 0.15) is 7.85 Å². The monoisotopic (exact) mass is 216 g/mol. The highest BCUT2D eigenvalue weighted by atomic mass is 32.2. The van der Waals surface area contributed by atoms with Gasteiger partial charge >= 0.3 is 0 Å². The number of anilines is 1. The molecule has 0 aliphatic carbocycles. The van der Waals surface area contributed by atoms with Crippen LogP contribution in [-0.4, -0.2) is 34.6 Å². The predicted octanol–water partition coefficient (Wildman–Crippen LogP) is -1.94. The van der Waals surface area contributed by atoms with Crippen molar-refractivity contribution in [2.75, 3.05) is 11.4 Å². The number of rotatable bonds is 2. The maximum Gasteiger partial charge on any atom is 0.113 e. The molecule has 0 spiro atoms. The van der Waals surface area contributed by atoms with Crippen molar-refractivity contribution in [3.63, 3.8) is 0 Å². The van der Waals surface area contributed by atoms with Crippen LogP contribution < -0.4 is 9.77 Å². The van der Waals surface area contributed by atoms with Crippen LogP contribution in [0.1, 0.15) is 0 Å². The fraction of sp³-hybridized carbons (Fsp3) is 0.143. The van der Waals surface area contributed by atoms with E-state index in [2.05, 4.69) is 0 Å². The van der Waals surface area contributed by atoms with E-state index in [-0.39, 0.29) is 11.0 Å². The first-order chi connectivity index (χ1) is 5.61. The molecule has 1 atom stereocenters. The van der Waals surface area contributed by atoms with Crippen LogP contribution in [0.5, 0.6) is 0 Å². The highest BCUT2D eigenvalue weighted by Gasteiger charge is 1.98. The van der Waals surface area contributed by atoms with E-state index < -0.39 is 11.3 Å². The lowest BCUT2D eigenvalue weighted by Crippen LogP contribution is -2.19. The summed E-state index contributed by atoms with van der Waals surface area (Å²) >= 11 is -2.23. The molecule has 5 nitrogen and oxygen atoms in total. The summed E-state index contributed by atoms with van der Waals surface area (Å²) < 4.78 is 22.1. The van der Waals surface area contributed by atoms with Gasteiger partial charge in [-0.1, -0.05) is 17.6 Å². The second-order valence-electron chi connectivity index (χ2n) is 2.31. The lowest BCUT2D eigenvalue weighted by molar-refractivity contribution is 0.535. The Morgan fingerprint density at radius 3 is 2.07 bits per heavy atom. The summed E-state index contributed by atoms with van der Waals surface area (Å²) in [5.74, 6) is 0. The van der Waals surface area contributed by atoms with E-state index in [0.717, 1.165) is 4.31 Å². The maximum atomic E-state index is 10.5. The van der Waals surface area contributed by atoms with Gasteiger partial charge in [-0.05, 0) is 12.1 Å². The molecule has 0 aliphatic rings. The van der Waals surface area contributed by atoms with Crippen molar-refractivity contribution in [1.82, 2.24) is 0 Å². The van der Waals surface area contributed by atoms with E-state index in [1.165, 1.54) is 7.05 Å². The summed E-state index contributed by atoms with van der Waals surface area (Å²) in [6, 6.07) is 6.59. The minimum atomic E-state index is -2.23. The van der Waals surface area contributed by atoms with Crippen LogP contribution in [0.3, 0.4) is 0 Å². The van der Waals surface area contributed by atoms with E-state index in [0.29, 0.717) is 11.2 Å². The third-order valence-electron chi connectivity index (χ3n) is 1.48. The molecule has 2 radical (unpaired) electrons. The summed E-state index contributed by atoms with van der Waals surface area (Å²) in [6.45, 7) is 0. The smallest absolute Gasteiger partial charge is 0.113 e. The molecule has 4 N–H and O–H groups in total. The average Bonchev–Trinajstić information content (AvgIpc) is 2.04. The Morgan fingerprint density at radius 2 is 1.71 bits per heavy atom. The summed E-state index contributed by atoms with van der Waals surface area (Å²) in [7, 11) is 6.90. The third kappa shape index (κ3) is 3.88. The van der Waals surface area contributed by atoms with Gasteiger partial charge in [0, 0.05) is 24.0 Å². The molecule has 0 fully saturated rings. The van der Waals surface area contributed by atoms with Gasteiger partial charge in [-0.2, -0.15) is 0 Å². The van der Waals surface area contributed by atoms with Crippen molar-refractivity contribution in [3.05, 3.63) is 24.3 Å². The van der Waals surface area contributed by atoms with Crippen LogP contribution in [0.2, 0.25) is 0 Å². The van der Waals surface area contributed by atoms with E-state index in [1.807, 2.05) is 0 Å². The van der Waals surface area contributed by atoms with Crippen LogP contribution >= 0.6 is 0 Å². The number of benzene rings is 1. The molecule has 7 heteroatoms. The molecule has 1 rings (SSSR count). The van der Waals surface area contributed by atoms with E-state index >= 15 is 0 Å². The molecular formula is C7H11BNO4S-. The van der Waals surface area contributed by atoms with Crippen molar-refractivity contribution in [2.45, 2.75) is 0 Å². The molecule has 1 aromatic carbocycles. The third-order valence-corrected chi connectivity index (χ3v) is 2.14. The van der Waals surface area contributed by atoms with Gasteiger partial charge in [-0.25, -0.2) is 0 Å². The van der Waals surface area contributed by atoms with E-state index in [4.69, 9.17) is 7.85 Å². The molecule has 0 heterocycles. The Kier molecular flexibility index (Phi) is 7.29. The van der Waals surface area contributed by atoms with Crippen LogP contribution in [0.25, 0.3) is 0 Å². The molecule has 1 aromatic rings. The molecule has 14 heavy (non-hydrogen) atoms. The van der Waals surface area contributed by atoms with Gasteiger partial charge in [0.05, 0.1) is 0 Å². The van der Waals surface area contributed by atoms with Gasteiger partial charge in [-0.15, -0.1) is 0 Å². The minimum Gasteiger partial charge on any atom is -0.755 e. The highest BCUT2D eigenvalue weighted by molar-refractivity contribution is 7.80. The van der Waals surface area contributed by atoms with Crippen LogP contribution in [0, 0.1) is 0 Å². The second kappa shape index (κ2) is 6.55. The van der Waals surface area contributed by atoms with Gasteiger partial charge in [-0.3, -0.25) is 4.21 Å². The first-order valence-corrected chi connectivity index (χ1v) is 4.33. The summed E-state index contributed by atoms with van der Waals surface area (Å²) in [6.07, 6.45) is 0. The quantitative estimate of drug-likeness (QED) is 0.423. The summed E-state index contributed by atoms with van der Waals surface area (Å²) in [4.78, 5) is 0. The van der Waals surface area contributed by atoms with Crippen molar-refractivity contribution in [3.8, 4) is 0 Å². The Hall–Kier alpha value is -0.885. The fourth-order valence-corrected chi connectivity index (χ4v) is 1.06. The number of hydrogen-bond acceptors (Lipinski definition) is 2. The number of nitrogens with zero attached hydrogens (tertiary/aromatic N) is 1. The Morgan fingerprint density at radius 1 is 1.29 bits per heavy atom. The van der Waals surface area contributed by atoms with E-state index in [9.17, 15) is 8.76 Å².